The number of carbonyl (C=O) groups is 2. The molecular formula is C21H29N5O6S2. The molecule has 3 aliphatic heterocycles. The number of thioether (sulfide) groups is 1. The number of carboxylic acids is 1. The Balaban J connectivity index is 1.54. The third-order valence-corrected chi connectivity index (χ3v) is 8.77. The molecule has 0 aromatic carbocycles. The average Bonchev–Trinajstić information content (AvgIpc) is 3.23. The lowest BCUT2D eigenvalue weighted by Crippen LogP contribution is -2.63. The molecule has 0 unspecified atom stereocenters. The Hall–Kier alpha value is -2.03. The molecule has 2 saturated heterocycles. The number of rotatable bonds is 9. The molecule has 4 rings (SSSR count). The number of aliphatic carboxylic acids is 1. The van der Waals surface area contributed by atoms with Crippen LogP contribution in [0.1, 0.15) is 26.0 Å². The summed E-state index contributed by atoms with van der Waals surface area (Å²) >= 11 is 1.43. The normalized spacial score (nSPS) is 30.4. The maximum Gasteiger partial charge on any atom is 0.353 e. The van der Waals surface area contributed by atoms with Gasteiger partial charge in [0.15, 0.2) is 0 Å². The van der Waals surface area contributed by atoms with Crippen LogP contribution >= 0.6 is 11.8 Å². The number of aliphatic hydroxyl groups is 1. The van der Waals surface area contributed by atoms with Crippen molar-refractivity contribution >= 4 is 33.8 Å². The summed E-state index contributed by atoms with van der Waals surface area (Å²) < 4.78 is 25.3. The average molecular weight is 512 g/mol. The van der Waals surface area contributed by atoms with Crippen molar-refractivity contribution in [2.75, 3.05) is 13.1 Å². The first-order valence-corrected chi connectivity index (χ1v) is 13.5. The summed E-state index contributed by atoms with van der Waals surface area (Å²) in [5.41, 5.74) is 0.828. The van der Waals surface area contributed by atoms with Crippen LogP contribution in [0.2, 0.25) is 0 Å². The van der Waals surface area contributed by atoms with Crippen molar-refractivity contribution in [1.82, 2.24) is 19.5 Å². The number of fused-ring (bicyclic) bond motifs is 1. The molecule has 0 spiro atoms. The summed E-state index contributed by atoms with van der Waals surface area (Å²) in [6, 6.07) is 5.06. The lowest BCUT2D eigenvalue weighted by molar-refractivity contribution is -0.163. The summed E-state index contributed by atoms with van der Waals surface area (Å²) in [5, 5.41) is 25.0. The van der Waals surface area contributed by atoms with Gasteiger partial charge in [-0.2, -0.15) is 8.42 Å². The zero-order chi connectivity index (χ0) is 24.8. The minimum Gasteiger partial charge on any atom is -0.477 e. The third kappa shape index (κ3) is 4.86. The number of carbonyl (C=O) groups excluding carboxylic acids is 1. The van der Waals surface area contributed by atoms with E-state index in [-0.39, 0.29) is 41.4 Å². The van der Waals surface area contributed by atoms with E-state index in [9.17, 15) is 28.2 Å². The molecule has 6 atom stereocenters. The molecule has 34 heavy (non-hydrogen) atoms. The lowest BCUT2D eigenvalue weighted by Gasteiger charge is -2.46. The van der Waals surface area contributed by atoms with Gasteiger partial charge in [-0.25, -0.2) is 14.7 Å². The number of aromatic nitrogens is 1. The fourth-order valence-corrected chi connectivity index (χ4v) is 7.22. The fraction of sp³-hybridized carbons (Fsp3) is 0.571. The molecule has 5 N–H and O–H groups in total. The van der Waals surface area contributed by atoms with Crippen molar-refractivity contribution in [1.29, 1.82) is 0 Å². The smallest absolute Gasteiger partial charge is 0.353 e. The Morgan fingerprint density at radius 1 is 1.41 bits per heavy atom. The molecule has 11 nitrogen and oxygen atoms in total. The molecule has 186 valence electrons. The zero-order valence-electron chi connectivity index (χ0n) is 18.9. The number of β-lactam (4-membered cyclic amide) rings is 1. The standard InChI is InChI=1S/C21H29N5O6S2/c1-11-17-16(12(2)27)20(28)26(17)18(21(29)30)19(11)33-15-7-14(8-24-34(22,31)32)25(10-15)9-13-5-3-4-6-23-13/h3-6,11-12,14-17,24,27H,7-10H2,1-2H3,(H,29,30)(H2,22,31,32)/t11-,12-,14+,15+,16-,17-/m1/s1. The highest BCUT2D eigenvalue weighted by Crippen LogP contribution is 2.52. The fourth-order valence-electron chi connectivity index (χ4n) is 5.20. The van der Waals surface area contributed by atoms with Crippen LogP contribution < -0.4 is 9.86 Å². The molecule has 13 heteroatoms. The Bertz CT molecular complexity index is 1100. The van der Waals surface area contributed by atoms with Crippen molar-refractivity contribution in [3.05, 3.63) is 40.7 Å². The van der Waals surface area contributed by atoms with E-state index in [0.29, 0.717) is 24.4 Å². The summed E-state index contributed by atoms with van der Waals surface area (Å²) in [4.78, 5) is 33.1. The Morgan fingerprint density at radius 3 is 2.74 bits per heavy atom. The van der Waals surface area contributed by atoms with Crippen molar-refractivity contribution in [2.24, 2.45) is 17.0 Å². The number of hydrogen-bond donors (Lipinski definition) is 4. The van der Waals surface area contributed by atoms with Gasteiger partial charge in [0.1, 0.15) is 5.70 Å². The van der Waals surface area contributed by atoms with E-state index in [4.69, 9.17) is 5.14 Å². The van der Waals surface area contributed by atoms with Gasteiger partial charge in [-0.05, 0) is 25.5 Å². The van der Waals surface area contributed by atoms with Crippen LogP contribution in [0.4, 0.5) is 0 Å². The summed E-state index contributed by atoms with van der Waals surface area (Å²) in [6.45, 7) is 4.65. The SMILES string of the molecule is C[C@@H](O)[C@H]1C(=O)N2C(C(=O)O)=C(S[C@H]3C[C@@H](CNS(N)(=O)=O)N(Cc4ccccn4)C3)[C@H](C)[C@H]12. The van der Waals surface area contributed by atoms with Gasteiger partial charge in [0.2, 0.25) is 5.91 Å². The number of nitrogens with two attached hydrogens (primary N) is 1. The Labute approximate surface area is 202 Å². The van der Waals surface area contributed by atoms with Crippen LogP contribution in [-0.4, -0.2) is 81.8 Å². The first kappa shape index (κ1) is 25.1. The Kier molecular flexibility index (Phi) is 7.04. The predicted molar refractivity (Wildman–Crippen MR) is 125 cm³/mol. The number of hydrogen-bond acceptors (Lipinski definition) is 8. The largest absolute Gasteiger partial charge is 0.477 e. The van der Waals surface area contributed by atoms with Crippen molar-refractivity contribution in [3.8, 4) is 0 Å². The molecule has 1 aromatic heterocycles. The molecule has 1 amide bonds. The van der Waals surface area contributed by atoms with Gasteiger partial charge in [0.25, 0.3) is 10.2 Å². The predicted octanol–water partition coefficient (Wildman–Crippen LogP) is -0.295. The van der Waals surface area contributed by atoms with Gasteiger partial charge in [-0.3, -0.25) is 14.7 Å². The van der Waals surface area contributed by atoms with E-state index in [1.165, 1.54) is 16.7 Å². The van der Waals surface area contributed by atoms with E-state index >= 15 is 0 Å². The van der Waals surface area contributed by atoms with E-state index in [1.807, 2.05) is 25.1 Å². The Morgan fingerprint density at radius 2 is 2.15 bits per heavy atom. The molecule has 3 aliphatic rings. The van der Waals surface area contributed by atoms with E-state index in [1.54, 1.807) is 13.1 Å². The first-order valence-electron chi connectivity index (χ1n) is 11.0. The van der Waals surface area contributed by atoms with Gasteiger partial charge in [0.05, 0.1) is 23.8 Å². The highest BCUT2D eigenvalue weighted by molar-refractivity contribution is 8.03. The molecule has 0 radical (unpaired) electrons. The summed E-state index contributed by atoms with van der Waals surface area (Å²) in [6.07, 6.45) is 1.44. The first-order chi connectivity index (χ1) is 16.0. The van der Waals surface area contributed by atoms with Gasteiger partial charge in [-0.15, -0.1) is 11.8 Å². The molecule has 0 aliphatic carbocycles. The highest BCUT2D eigenvalue weighted by Gasteiger charge is 2.60. The second-order valence-corrected chi connectivity index (χ2v) is 11.8. The molecule has 0 saturated carbocycles. The van der Waals surface area contributed by atoms with Gasteiger partial charge >= 0.3 is 5.97 Å². The molecular weight excluding hydrogens is 482 g/mol. The quantitative estimate of drug-likeness (QED) is 0.326. The van der Waals surface area contributed by atoms with Gasteiger partial charge in [0, 0.05) is 47.9 Å². The molecule has 4 heterocycles. The maximum atomic E-state index is 12.6. The van der Waals surface area contributed by atoms with Crippen LogP contribution in [0.15, 0.2) is 35.0 Å². The highest BCUT2D eigenvalue weighted by atomic mass is 32.2. The van der Waals surface area contributed by atoms with Crippen LogP contribution in [0.25, 0.3) is 0 Å². The molecule has 2 fully saturated rings. The van der Waals surface area contributed by atoms with Crippen LogP contribution in [-0.2, 0) is 26.3 Å². The zero-order valence-corrected chi connectivity index (χ0v) is 20.5. The van der Waals surface area contributed by atoms with Crippen LogP contribution in [0.5, 0.6) is 0 Å². The van der Waals surface area contributed by atoms with Crippen LogP contribution in [0.3, 0.4) is 0 Å². The third-order valence-electron chi connectivity index (χ3n) is 6.71. The van der Waals surface area contributed by atoms with Crippen molar-refractivity contribution in [2.45, 2.75) is 50.3 Å². The van der Waals surface area contributed by atoms with E-state index in [0.717, 1.165) is 5.69 Å². The lowest BCUT2D eigenvalue weighted by atomic mass is 9.79. The number of aliphatic hydroxyl groups excluding tert-OH is 1. The maximum absolute atomic E-state index is 12.6. The number of nitrogens with one attached hydrogen (secondary N) is 1. The number of pyridine rings is 1. The number of nitrogens with zero attached hydrogens (tertiary/aromatic N) is 3. The van der Waals surface area contributed by atoms with E-state index < -0.39 is 28.2 Å². The minimum absolute atomic E-state index is 0.00760. The number of amides is 1. The second kappa shape index (κ2) is 9.55. The second-order valence-electron chi connectivity index (χ2n) is 9.05. The number of likely N-dealkylation sites (tertiary alicyclic amines) is 1. The summed E-state index contributed by atoms with van der Waals surface area (Å²) in [7, 11) is -3.86. The van der Waals surface area contributed by atoms with Crippen molar-refractivity contribution < 1.29 is 28.2 Å². The molecule has 1 aromatic rings. The minimum atomic E-state index is -3.86. The van der Waals surface area contributed by atoms with Gasteiger partial charge in [-0.1, -0.05) is 13.0 Å². The molecule has 0 bridgehead atoms. The van der Waals surface area contributed by atoms with Gasteiger partial charge < -0.3 is 15.1 Å². The topological polar surface area (TPSA) is 166 Å². The monoisotopic (exact) mass is 511 g/mol. The van der Waals surface area contributed by atoms with Crippen LogP contribution in [0, 0.1) is 11.8 Å². The summed E-state index contributed by atoms with van der Waals surface area (Å²) in [5.74, 6) is -2.36. The number of carboxylic acid groups (broad SMARTS) is 1. The van der Waals surface area contributed by atoms with Crippen molar-refractivity contribution in [3.63, 3.8) is 0 Å². The van der Waals surface area contributed by atoms with E-state index in [2.05, 4.69) is 14.6 Å².